The van der Waals surface area contributed by atoms with Gasteiger partial charge in [0.15, 0.2) is 0 Å². The lowest BCUT2D eigenvalue weighted by molar-refractivity contribution is 0.0397. The van der Waals surface area contributed by atoms with Crippen LogP contribution in [0.4, 0.5) is 5.95 Å². The highest BCUT2D eigenvalue weighted by atomic mass is 16.5. The lowest BCUT2D eigenvalue weighted by atomic mass is 9.97. The van der Waals surface area contributed by atoms with Crippen LogP contribution >= 0.6 is 0 Å². The van der Waals surface area contributed by atoms with E-state index < -0.39 is 5.60 Å². The van der Waals surface area contributed by atoms with E-state index in [1.165, 1.54) is 0 Å². The fourth-order valence-corrected chi connectivity index (χ4v) is 5.09. The summed E-state index contributed by atoms with van der Waals surface area (Å²) in [5.41, 5.74) is 4.41. The molecule has 1 aromatic carbocycles. The van der Waals surface area contributed by atoms with Crippen molar-refractivity contribution >= 4 is 5.95 Å². The van der Waals surface area contributed by atoms with Crippen LogP contribution in [0.15, 0.2) is 54.7 Å². The number of pyridine rings is 1. The molecule has 9 nitrogen and oxygen atoms in total. The molecule has 0 unspecified atom stereocenters. The van der Waals surface area contributed by atoms with Crippen molar-refractivity contribution in [3.63, 3.8) is 0 Å². The molecule has 1 atom stereocenters. The molecule has 4 aromatic rings. The molecule has 0 radical (unpaired) electrons. The second-order valence-corrected chi connectivity index (χ2v) is 9.95. The largest absolute Gasteiger partial charge is 0.384 e. The van der Waals surface area contributed by atoms with E-state index in [1.807, 2.05) is 54.7 Å². The van der Waals surface area contributed by atoms with Crippen molar-refractivity contribution in [1.29, 1.82) is 0 Å². The van der Waals surface area contributed by atoms with Gasteiger partial charge in [0, 0.05) is 17.7 Å². The van der Waals surface area contributed by atoms with E-state index in [9.17, 15) is 5.11 Å². The van der Waals surface area contributed by atoms with Crippen LogP contribution in [0.25, 0.3) is 22.6 Å². The van der Waals surface area contributed by atoms with Crippen LogP contribution in [0.5, 0.6) is 0 Å². The molecule has 2 aliphatic rings. The first-order valence-corrected chi connectivity index (χ1v) is 13.0. The van der Waals surface area contributed by atoms with Gasteiger partial charge in [-0.1, -0.05) is 42.2 Å². The van der Waals surface area contributed by atoms with Gasteiger partial charge in [-0.25, -0.2) is 14.6 Å². The second kappa shape index (κ2) is 10.3. The van der Waals surface area contributed by atoms with Gasteiger partial charge >= 0.3 is 0 Å². The molecule has 2 N–H and O–H groups in total. The first-order chi connectivity index (χ1) is 18.6. The van der Waals surface area contributed by atoms with Crippen molar-refractivity contribution in [3.05, 3.63) is 71.7 Å². The maximum atomic E-state index is 11.0. The molecule has 192 valence electrons. The molecule has 0 spiro atoms. The summed E-state index contributed by atoms with van der Waals surface area (Å²) in [7, 11) is 0. The minimum absolute atomic E-state index is 0.152. The molecule has 2 fully saturated rings. The summed E-state index contributed by atoms with van der Waals surface area (Å²) in [5.74, 6) is 3.19. The Bertz CT molecular complexity index is 1480. The SMILES string of the molecule is C#Cc1cccc(-c2cc(-c3cn(Cc4cccc(C5(O)CCCC5)n4)nn3)nc(N[C@@H]3CCOC3)n2)c1. The topological polar surface area (TPSA) is 111 Å². The van der Waals surface area contributed by atoms with Gasteiger partial charge in [0.05, 0.1) is 48.2 Å². The number of hydrogen-bond acceptors (Lipinski definition) is 8. The predicted octanol–water partition coefficient (Wildman–Crippen LogP) is 3.79. The van der Waals surface area contributed by atoms with Gasteiger partial charge in [-0.3, -0.25) is 4.98 Å². The summed E-state index contributed by atoms with van der Waals surface area (Å²) >= 11 is 0. The Morgan fingerprint density at radius 1 is 1.05 bits per heavy atom. The minimum Gasteiger partial charge on any atom is -0.384 e. The highest BCUT2D eigenvalue weighted by molar-refractivity contribution is 5.68. The third-order valence-corrected chi connectivity index (χ3v) is 7.15. The van der Waals surface area contributed by atoms with E-state index in [0.717, 1.165) is 66.9 Å². The molecule has 3 aromatic heterocycles. The summed E-state index contributed by atoms with van der Waals surface area (Å²) in [5, 5.41) is 23.1. The molecule has 1 saturated carbocycles. The molecule has 0 amide bonds. The van der Waals surface area contributed by atoms with Gasteiger partial charge in [0.2, 0.25) is 5.95 Å². The Labute approximate surface area is 221 Å². The first-order valence-electron chi connectivity index (χ1n) is 13.0. The Morgan fingerprint density at radius 3 is 2.71 bits per heavy atom. The highest BCUT2D eigenvalue weighted by Gasteiger charge is 2.34. The van der Waals surface area contributed by atoms with Gasteiger partial charge < -0.3 is 15.2 Å². The highest BCUT2D eigenvalue weighted by Crippen LogP contribution is 2.37. The first kappa shape index (κ1) is 24.2. The second-order valence-electron chi connectivity index (χ2n) is 9.95. The molecule has 1 saturated heterocycles. The quantitative estimate of drug-likeness (QED) is 0.364. The number of ether oxygens (including phenoxy) is 1. The van der Waals surface area contributed by atoms with Crippen molar-refractivity contribution in [1.82, 2.24) is 29.9 Å². The number of aliphatic hydroxyl groups is 1. The van der Waals surface area contributed by atoms with Crippen LogP contribution in [0.3, 0.4) is 0 Å². The number of anilines is 1. The molecular weight excluding hydrogens is 478 g/mol. The van der Waals surface area contributed by atoms with Crippen molar-refractivity contribution < 1.29 is 9.84 Å². The third kappa shape index (κ3) is 5.14. The number of aromatic nitrogens is 6. The average molecular weight is 508 g/mol. The van der Waals surface area contributed by atoms with Crippen LogP contribution in [0, 0.1) is 12.3 Å². The predicted molar refractivity (Wildman–Crippen MR) is 143 cm³/mol. The summed E-state index contributed by atoms with van der Waals surface area (Å²) < 4.78 is 7.24. The van der Waals surface area contributed by atoms with Crippen LogP contribution in [-0.2, 0) is 16.9 Å². The summed E-state index contributed by atoms with van der Waals surface area (Å²) in [6.07, 6.45) is 11.9. The number of terminal acetylenes is 1. The average Bonchev–Trinajstić information content (AvgIpc) is 3.72. The Hall–Kier alpha value is -4.13. The fraction of sp³-hybridized carbons (Fsp3) is 0.345. The van der Waals surface area contributed by atoms with Crippen LogP contribution in [0.1, 0.15) is 49.1 Å². The molecule has 9 heteroatoms. The summed E-state index contributed by atoms with van der Waals surface area (Å²) in [6, 6.07) is 15.6. The molecule has 0 bridgehead atoms. The van der Waals surface area contributed by atoms with Crippen molar-refractivity contribution in [2.45, 2.75) is 50.3 Å². The van der Waals surface area contributed by atoms with Gasteiger partial charge in [-0.2, -0.15) is 0 Å². The zero-order valence-electron chi connectivity index (χ0n) is 21.0. The smallest absolute Gasteiger partial charge is 0.224 e. The third-order valence-electron chi connectivity index (χ3n) is 7.15. The van der Waals surface area contributed by atoms with E-state index in [0.29, 0.717) is 30.5 Å². The normalized spacial score (nSPS) is 18.4. The van der Waals surface area contributed by atoms with Gasteiger partial charge in [0.25, 0.3) is 0 Å². The zero-order valence-corrected chi connectivity index (χ0v) is 21.0. The molecule has 1 aliphatic heterocycles. The summed E-state index contributed by atoms with van der Waals surface area (Å²) in [6.45, 7) is 1.77. The Balaban J connectivity index is 1.29. The van der Waals surface area contributed by atoms with E-state index in [1.54, 1.807) is 4.68 Å². The standard InChI is InChI=1S/C29H29N7O2/c1-2-20-7-5-8-21(15-20)24-16-25(33-28(32-24)31-23-11-14-38-19-23)26-18-36(35-34-26)17-22-9-6-10-27(30-22)29(37)12-3-4-13-29/h1,5-10,15-16,18,23,37H,3-4,11-14,17,19H2,(H,31,32,33)/t23-/m1/s1. The minimum atomic E-state index is -0.828. The lowest BCUT2D eigenvalue weighted by Crippen LogP contribution is -2.23. The van der Waals surface area contributed by atoms with Gasteiger partial charge in [-0.05, 0) is 49.6 Å². The van der Waals surface area contributed by atoms with Crippen LogP contribution in [0.2, 0.25) is 0 Å². The fourth-order valence-electron chi connectivity index (χ4n) is 5.09. The maximum Gasteiger partial charge on any atom is 0.224 e. The Morgan fingerprint density at radius 2 is 1.89 bits per heavy atom. The van der Waals surface area contributed by atoms with E-state index in [4.69, 9.17) is 26.1 Å². The summed E-state index contributed by atoms with van der Waals surface area (Å²) in [4.78, 5) is 14.3. The van der Waals surface area contributed by atoms with Gasteiger partial charge in [0.1, 0.15) is 11.3 Å². The molecule has 4 heterocycles. The van der Waals surface area contributed by atoms with Gasteiger partial charge in [-0.15, -0.1) is 11.5 Å². The number of rotatable bonds is 7. The number of benzene rings is 1. The molecule has 38 heavy (non-hydrogen) atoms. The molecule has 6 rings (SSSR count). The van der Waals surface area contributed by atoms with E-state index in [-0.39, 0.29) is 6.04 Å². The number of hydrogen-bond donors (Lipinski definition) is 2. The lowest BCUT2D eigenvalue weighted by Gasteiger charge is -2.21. The number of nitrogens with one attached hydrogen (secondary N) is 1. The molecule has 1 aliphatic carbocycles. The van der Waals surface area contributed by atoms with Crippen LogP contribution in [-0.4, -0.2) is 54.3 Å². The van der Waals surface area contributed by atoms with E-state index in [2.05, 4.69) is 21.5 Å². The maximum absolute atomic E-state index is 11.0. The zero-order chi connectivity index (χ0) is 26.0. The van der Waals surface area contributed by atoms with Crippen molar-refractivity contribution in [3.8, 4) is 35.0 Å². The number of nitrogens with zero attached hydrogens (tertiary/aromatic N) is 6. The molecular formula is C29H29N7O2. The van der Waals surface area contributed by atoms with E-state index >= 15 is 0 Å². The van der Waals surface area contributed by atoms with Crippen LogP contribution < -0.4 is 5.32 Å². The Kier molecular flexibility index (Phi) is 6.58. The monoisotopic (exact) mass is 507 g/mol. The van der Waals surface area contributed by atoms with Crippen molar-refractivity contribution in [2.24, 2.45) is 0 Å². The van der Waals surface area contributed by atoms with Crippen molar-refractivity contribution in [2.75, 3.05) is 18.5 Å².